The molecule has 4 N–H and O–H groups in total. The van der Waals surface area contributed by atoms with Gasteiger partial charge in [0.25, 0.3) is 5.91 Å². The number of aliphatic hydroxyl groups is 1. The van der Waals surface area contributed by atoms with E-state index < -0.39 is 11.5 Å². The number of rotatable bonds is 7. The van der Waals surface area contributed by atoms with Gasteiger partial charge in [-0.3, -0.25) is 9.48 Å². The Morgan fingerprint density at radius 2 is 2.06 bits per heavy atom. The number of likely N-dealkylation sites (tertiary alicyclic amines) is 1. The number of piperidine rings is 1. The van der Waals surface area contributed by atoms with Crippen LogP contribution in [0.3, 0.4) is 0 Å². The summed E-state index contributed by atoms with van der Waals surface area (Å²) in [5.41, 5.74) is 5.75. The second kappa shape index (κ2) is 9.12. The SMILES string of the molecule is CC(C)(O)C1CC(CN2CCC(C#N)C(n3cc(C(N)=O)c(Nc4ccc(F)cc4)n3)C2)C1. The van der Waals surface area contributed by atoms with Gasteiger partial charge < -0.3 is 21.1 Å². The summed E-state index contributed by atoms with van der Waals surface area (Å²) in [5, 5.41) is 27.5. The fourth-order valence-corrected chi connectivity index (χ4v) is 4.91. The number of nitrogens with zero attached hydrogens (tertiary/aromatic N) is 4. The molecule has 1 saturated heterocycles. The van der Waals surface area contributed by atoms with Gasteiger partial charge in [-0.15, -0.1) is 0 Å². The second-order valence-electron chi connectivity index (χ2n) is 9.91. The van der Waals surface area contributed by atoms with Crippen molar-refractivity contribution in [3.63, 3.8) is 0 Å². The molecule has 9 heteroatoms. The van der Waals surface area contributed by atoms with E-state index in [4.69, 9.17) is 5.73 Å². The quantitative estimate of drug-likeness (QED) is 0.591. The van der Waals surface area contributed by atoms with Crippen LogP contribution in [-0.4, -0.2) is 50.9 Å². The number of hydrogen-bond donors (Lipinski definition) is 3. The normalized spacial score (nSPS) is 25.8. The summed E-state index contributed by atoms with van der Waals surface area (Å²) in [6, 6.07) is 7.93. The maximum Gasteiger partial charge on any atom is 0.254 e. The van der Waals surface area contributed by atoms with Gasteiger partial charge in [-0.1, -0.05) is 0 Å². The molecule has 2 unspecified atom stereocenters. The average molecular weight is 455 g/mol. The predicted octanol–water partition coefficient (Wildman–Crippen LogP) is 3.05. The number of carbonyl (C=O) groups is 1. The summed E-state index contributed by atoms with van der Waals surface area (Å²) >= 11 is 0. The molecule has 2 aliphatic rings. The van der Waals surface area contributed by atoms with Crippen molar-refractivity contribution in [3.05, 3.63) is 41.8 Å². The molecule has 1 aliphatic carbocycles. The number of halogens is 1. The Bertz CT molecular complexity index is 1030. The fourth-order valence-electron chi connectivity index (χ4n) is 4.91. The number of benzene rings is 1. The monoisotopic (exact) mass is 454 g/mol. The Kier molecular flexibility index (Phi) is 6.41. The molecule has 0 bridgehead atoms. The first-order valence-corrected chi connectivity index (χ1v) is 11.4. The van der Waals surface area contributed by atoms with E-state index in [-0.39, 0.29) is 29.2 Å². The molecule has 1 saturated carbocycles. The average Bonchev–Trinajstić information content (AvgIpc) is 3.15. The molecule has 0 radical (unpaired) electrons. The highest BCUT2D eigenvalue weighted by molar-refractivity contribution is 5.98. The highest BCUT2D eigenvalue weighted by Gasteiger charge is 2.40. The van der Waals surface area contributed by atoms with Crippen molar-refractivity contribution in [2.24, 2.45) is 23.5 Å². The first kappa shape index (κ1) is 23.2. The third-order valence-corrected chi connectivity index (χ3v) is 7.03. The molecule has 4 rings (SSSR count). The number of nitrogens with two attached hydrogens (primary N) is 1. The van der Waals surface area contributed by atoms with Gasteiger partial charge in [0.1, 0.15) is 11.4 Å². The molecule has 1 amide bonds. The molecule has 33 heavy (non-hydrogen) atoms. The number of anilines is 2. The van der Waals surface area contributed by atoms with Crippen LogP contribution in [0.2, 0.25) is 0 Å². The van der Waals surface area contributed by atoms with Gasteiger partial charge in [-0.05, 0) is 75.8 Å². The van der Waals surface area contributed by atoms with Crippen molar-refractivity contribution in [1.82, 2.24) is 14.7 Å². The van der Waals surface area contributed by atoms with E-state index >= 15 is 0 Å². The highest BCUT2D eigenvalue weighted by atomic mass is 19.1. The zero-order chi connectivity index (χ0) is 23.8. The second-order valence-corrected chi connectivity index (χ2v) is 9.91. The van der Waals surface area contributed by atoms with Gasteiger partial charge >= 0.3 is 0 Å². The molecular formula is C24H31FN6O2. The molecule has 176 valence electrons. The smallest absolute Gasteiger partial charge is 0.254 e. The maximum atomic E-state index is 13.2. The summed E-state index contributed by atoms with van der Waals surface area (Å²) in [5.74, 6) is -0.0599. The minimum Gasteiger partial charge on any atom is -0.390 e. The van der Waals surface area contributed by atoms with Crippen LogP contribution in [0.4, 0.5) is 15.9 Å². The zero-order valence-corrected chi connectivity index (χ0v) is 19.0. The lowest BCUT2D eigenvalue weighted by atomic mass is 9.67. The predicted molar refractivity (Wildman–Crippen MR) is 122 cm³/mol. The first-order chi connectivity index (χ1) is 15.6. The van der Waals surface area contributed by atoms with Crippen LogP contribution in [0, 0.1) is 34.9 Å². The number of carbonyl (C=O) groups excluding carboxylic acids is 1. The minimum absolute atomic E-state index is 0.212. The number of amides is 1. The minimum atomic E-state index is -0.638. The fraction of sp³-hybridized carbons (Fsp3) is 0.542. The van der Waals surface area contributed by atoms with Crippen molar-refractivity contribution >= 4 is 17.4 Å². The highest BCUT2D eigenvalue weighted by Crippen LogP contribution is 2.42. The van der Waals surface area contributed by atoms with Crippen molar-refractivity contribution < 1.29 is 14.3 Å². The van der Waals surface area contributed by atoms with Gasteiger partial charge in [-0.25, -0.2) is 4.39 Å². The summed E-state index contributed by atoms with van der Waals surface area (Å²) in [6.45, 7) is 6.15. The Hall–Kier alpha value is -2.96. The van der Waals surface area contributed by atoms with Gasteiger partial charge in [-0.2, -0.15) is 10.4 Å². The molecule has 1 aromatic heterocycles. The molecule has 2 heterocycles. The molecule has 1 aliphatic heterocycles. The summed E-state index contributed by atoms with van der Waals surface area (Å²) in [4.78, 5) is 14.4. The van der Waals surface area contributed by atoms with Crippen LogP contribution in [0.25, 0.3) is 0 Å². The van der Waals surface area contributed by atoms with Crippen LogP contribution in [-0.2, 0) is 0 Å². The molecule has 8 nitrogen and oxygen atoms in total. The number of hydrogen-bond acceptors (Lipinski definition) is 6. The van der Waals surface area contributed by atoms with Gasteiger partial charge in [0, 0.05) is 25.0 Å². The van der Waals surface area contributed by atoms with E-state index in [0.717, 1.165) is 32.4 Å². The van der Waals surface area contributed by atoms with E-state index in [9.17, 15) is 19.6 Å². The molecule has 1 aromatic carbocycles. The molecule has 2 aromatic rings. The van der Waals surface area contributed by atoms with Gasteiger partial charge in [0.05, 0.1) is 23.6 Å². The number of aromatic nitrogens is 2. The van der Waals surface area contributed by atoms with E-state index in [1.165, 1.54) is 12.1 Å². The number of primary amides is 1. The molecule has 2 atom stereocenters. The van der Waals surface area contributed by atoms with Gasteiger partial charge in [0.2, 0.25) is 0 Å². The summed E-state index contributed by atoms with van der Waals surface area (Å²) in [6.07, 6.45) is 4.33. The molecule has 0 spiro atoms. The third kappa shape index (κ3) is 5.18. The Morgan fingerprint density at radius 3 is 2.67 bits per heavy atom. The molecule has 2 fully saturated rings. The summed E-state index contributed by atoms with van der Waals surface area (Å²) in [7, 11) is 0. The van der Waals surface area contributed by atoms with Gasteiger partial charge in [0.15, 0.2) is 5.82 Å². The first-order valence-electron chi connectivity index (χ1n) is 11.4. The van der Waals surface area contributed by atoms with Crippen molar-refractivity contribution in [1.29, 1.82) is 5.26 Å². The standard InChI is InChI=1S/C24H31FN6O2/c1-24(2,33)17-9-15(10-17)12-30-8-7-16(11-26)21(14-30)31-13-20(22(27)32)23(29-31)28-19-5-3-18(25)4-6-19/h3-6,13,15-17,21,33H,7-10,12,14H2,1-2H3,(H2,27,32)(H,28,29). The topological polar surface area (TPSA) is 120 Å². The Balaban J connectivity index is 1.49. The van der Waals surface area contributed by atoms with Crippen molar-refractivity contribution in [2.45, 2.75) is 44.8 Å². The van der Waals surface area contributed by atoms with Crippen LogP contribution in [0.1, 0.15) is 49.5 Å². The van der Waals surface area contributed by atoms with E-state index in [0.29, 0.717) is 24.1 Å². The Labute approximate surface area is 193 Å². The largest absolute Gasteiger partial charge is 0.390 e. The Morgan fingerprint density at radius 1 is 1.36 bits per heavy atom. The van der Waals surface area contributed by atoms with Crippen molar-refractivity contribution in [2.75, 3.05) is 25.0 Å². The van der Waals surface area contributed by atoms with Crippen LogP contribution in [0.5, 0.6) is 0 Å². The summed E-state index contributed by atoms with van der Waals surface area (Å²) < 4.78 is 14.9. The van der Waals surface area contributed by atoms with E-state index in [2.05, 4.69) is 21.4 Å². The number of nitrogens with one attached hydrogen (secondary N) is 1. The van der Waals surface area contributed by atoms with Crippen LogP contribution >= 0.6 is 0 Å². The lowest BCUT2D eigenvalue weighted by Crippen LogP contribution is -2.48. The van der Waals surface area contributed by atoms with Crippen molar-refractivity contribution in [3.8, 4) is 6.07 Å². The van der Waals surface area contributed by atoms with Crippen LogP contribution < -0.4 is 11.1 Å². The number of nitriles is 1. The van der Waals surface area contributed by atoms with E-state index in [1.54, 1.807) is 23.0 Å². The van der Waals surface area contributed by atoms with E-state index in [1.807, 2.05) is 13.8 Å². The molecular weight excluding hydrogens is 423 g/mol. The van der Waals surface area contributed by atoms with Crippen LogP contribution in [0.15, 0.2) is 30.5 Å². The zero-order valence-electron chi connectivity index (χ0n) is 19.0. The maximum absolute atomic E-state index is 13.2. The lowest BCUT2D eigenvalue weighted by Gasteiger charge is -2.46. The lowest BCUT2D eigenvalue weighted by molar-refractivity contribution is -0.0519. The third-order valence-electron chi connectivity index (χ3n) is 7.03.